The molecule has 3 rings (SSSR count). The summed E-state index contributed by atoms with van der Waals surface area (Å²) in [6, 6.07) is 8.27. The Bertz CT molecular complexity index is 1060. The first-order valence-electron chi connectivity index (χ1n) is 10.00. The summed E-state index contributed by atoms with van der Waals surface area (Å²) >= 11 is 0. The van der Waals surface area contributed by atoms with Crippen LogP contribution in [0.25, 0.3) is 0 Å². The highest BCUT2D eigenvalue weighted by molar-refractivity contribution is 7.89. The summed E-state index contributed by atoms with van der Waals surface area (Å²) in [5, 5.41) is 16.9. The predicted octanol–water partition coefficient (Wildman–Crippen LogP) is 1.91. The lowest BCUT2D eigenvalue weighted by molar-refractivity contribution is 0.100. The van der Waals surface area contributed by atoms with Gasteiger partial charge in [-0.05, 0) is 37.1 Å². The number of sulfonamides is 1. The van der Waals surface area contributed by atoms with Gasteiger partial charge in [-0.15, -0.1) is 0 Å². The molecule has 1 fully saturated rings. The number of nitrogens with two attached hydrogens (primary N) is 1. The number of nitrogens with zero attached hydrogens (tertiary/aromatic N) is 3. The van der Waals surface area contributed by atoms with E-state index in [1.165, 1.54) is 19.2 Å². The monoisotopic (exact) mass is 446 g/mol. The number of anilines is 2. The second-order valence-corrected chi connectivity index (χ2v) is 9.13. The van der Waals surface area contributed by atoms with Crippen LogP contribution in [-0.2, 0) is 14.8 Å². The first-order chi connectivity index (χ1) is 14.9. The van der Waals surface area contributed by atoms with E-state index in [4.69, 9.17) is 10.5 Å². The van der Waals surface area contributed by atoms with Crippen molar-refractivity contribution in [2.24, 2.45) is 11.7 Å². The smallest absolute Gasteiger partial charge is 0.254 e. The van der Waals surface area contributed by atoms with Crippen molar-refractivity contribution in [1.29, 1.82) is 5.26 Å². The molecule has 1 saturated carbocycles. The Morgan fingerprint density at radius 3 is 2.68 bits per heavy atom. The lowest BCUT2D eigenvalue weighted by atomic mass is 9.85. The fourth-order valence-corrected chi connectivity index (χ4v) is 4.64. The van der Waals surface area contributed by atoms with E-state index >= 15 is 0 Å². The molecular formula is C20H26N6O4S. The summed E-state index contributed by atoms with van der Waals surface area (Å²) < 4.78 is 33.5. The summed E-state index contributed by atoms with van der Waals surface area (Å²) in [7, 11) is -2.15. The van der Waals surface area contributed by atoms with Crippen molar-refractivity contribution in [3.05, 3.63) is 36.0 Å². The molecule has 1 aliphatic carbocycles. The topological polar surface area (TPSA) is 152 Å². The number of amides is 1. The highest BCUT2D eigenvalue weighted by Gasteiger charge is 2.29. The van der Waals surface area contributed by atoms with Crippen LogP contribution in [0.4, 0.5) is 11.5 Å². The molecule has 0 radical (unpaired) electrons. The fourth-order valence-electron chi connectivity index (χ4n) is 3.63. The predicted molar refractivity (Wildman–Crippen MR) is 114 cm³/mol. The van der Waals surface area contributed by atoms with E-state index < -0.39 is 15.9 Å². The average Bonchev–Trinajstić information content (AvgIpc) is 3.18. The maximum absolute atomic E-state index is 12.3. The van der Waals surface area contributed by atoms with Gasteiger partial charge in [0.1, 0.15) is 5.56 Å². The second-order valence-electron chi connectivity index (χ2n) is 7.36. The lowest BCUT2D eigenvalue weighted by Crippen LogP contribution is -2.27. The molecule has 0 aliphatic heterocycles. The van der Waals surface area contributed by atoms with Crippen molar-refractivity contribution in [3.63, 3.8) is 0 Å². The first-order valence-corrected chi connectivity index (χ1v) is 11.5. The molecule has 2 unspecified atom stereocenters. The number of methoxy groups -OCH3 is 1. The number of carbonyl (C=O) groups excluding carboxylic acids is 1. The zero-order valence-corrected chi connectivity index (χ0v) is 18.1. The van der Waals surface area contributed by atoms with Gasteiger partial charge in [0, 0.05) is 25.5 Å². The quantitative estimate of drug-likeness (QED) is 0.497. The minimum absolute atomic E-state index is 0.105. The SMILES string of the molecule is COCCNS(=O)(=O)c1ccc(Nc2nn(C3CCCCC3C#N)cc2C(N)=O)cc1. The van der Waals surface area contributed by atoms with Crippen LogP contribution in [0.3, 0.4) is 0 Å². The van der Waals surface area contributed by atoms with Crippen LogP contribution >= 0.6 is 0 Å². The number of nitrogens with one attached hydrogen (secondary N) is 2. The highest BCUT2D eigenvalue weighted by Crippen LogP contribution is 2.34. The number of benzene rings is 1. The summed E-state index contributed by atoms with van der Waals surface area (Å²) in [4.78, 5) is 12.0. The minimum Gasteiger partial charge on any atom is -0.383 e. The van der Waals surface area contributed by atoms with E-state index in [0.29, 0.717) is 5.69 Å². The Morgan fingerprint density at radius 1 is 1.32 bits per heavy atom. The van der Waals surface area contributed by atoms with Crippen LogP contribution in [0, 0.1) is 17.2 Å². The molecular weight excluding hydrogens is 420 g/mol. The Balaban J connectivity index is 1.80. The third-order valence-corrected chi connectivity index (χ3v) is 6.74. The van der Waals surface area contributed by atoms with Crippen molar-refractivity contribution in [1.82, 2.24) is 14.5 Å². The Morgan fingerprint density at radius 2 is 2.03 bits per heavy atom. The molecule has 1 amide bonds. The molecule has 11 heteroatoms. The summed E-state index contributed by atoms with van der Waals surface area (Å²) in [6.45, 7) is 0.439. The van der Waals surface area contributed by atoms with Gasteiger partial charge in [0.2, 0.25) is 10.0 Å². The molecule has 166 valence electrons. The second kappa shape index (κ2) is 9.91. The molecule has 1 heterocycles. The average molecular weight is 447 g/mol. The van der Waals surface area contributed by atoms with Crippen LogP contribution in [0.2, 0.25) is 0 Å². The number of hydrogen-bond acceptors (Lipinski definition) is 7. The Labute approximate surface area is 181 Å². The molecule has 2 atom stereocenters. The van der Waals surface area contributed by atoms with Crippen molar-refractivity contribution in [2.45, 2.75) is 36.6 Å². The van der Waals surface area contributed by atoms with E-state index in [9.17, 15) is 18.5 Å². The Kier molecular flexibility index (Phi) is 7.27. The fraction of sp³-hybridized carbons (Fsp3) is 0.450. The molecule has 1 aliphatic rings. The van der Waals surface area contributed by atoms with Gasteiger partial charge in [-0.1, -0.05) is 12.8 Å². The third kappa shape index (κ3) is 5.41. The number of rotatable bonds is 9. The van der Waals surface area contributed by atoms with Crippen LogP contribution < -0.4 is 15.8 Å². The number of hydrogen-bond donors (Lipinski definition) is 3. The molecule has 0 spiro atoms. The van der Waals surface area contributed by atoms with Crippen LogP contribution in [0.1, 0.15) is 42.1 Å². The van der Waals surface area contributed by atoms with Crippen molar-refractivity contribution in [2.75, 3.05) is 25.6 Å². The van der Waals surface area contributed by atoms with E-state index in [1.807, 2.05) is 0 Å². The molecule has 0 bridgehead atoms. The molecule has 1 aromatic heterocycles. The standard InChI is InChI=1S/C20H26N6O4S/c1-30-11-10-23-31(28,29)16-8-6-15(7-9-16)24-20-17(19(22)27)13-26(25-20)18-5-3-2-4-14(18)12-21/h6-9,13-14,18,23H,2-5,10-11H2,1H3,(H2,22,27)(H,24,25). The number of ether oxygens (including phenoxy) is 1. The normalized spacial score (nSPS) is 19.0. The summed E-state index contributed by atoms with van der Waals surface area (Å²) in [5.74, 6) is -0.541. The van der Waals surface area contributed by atoms with Gasteiger partial charge in [-0.2, -0.15) is 10.4 Å². The molecule has 0 saturated heterocycles. The van der Waals surface area contributed by atoms with Crippen LogP contribution in [0.5, 0.6) is 0 Å². The lowest BCUT2D eigenvalue weighted by Gasteiger charge is -2.26. The number of aromatic nitrogens is 2. The van der Waals surface area contributed by atoms with Gasteiger partial charge in [0.05, 0.1) is 29.5 Å². The number of carbonyl (C=O) groups is 1. The van der Waals surface area contributed by atoms with Gasteiger partial charge in [0.25, 0.3) is 5.91 Å². The van der Waals surface area contributed by atoms with E-state index in [0.717, 1.165) is 25.7 Å². The van der Waals surface area contributed by atoms with Gasteiger partial charge >= 0.3 is 0 Å². The minimum atomic E-state index is -3.65. The van der Waals surface area contributed by atoms with Gasteiger partial charge in [-0.25, -0.2) is 13.1 Å². The first kappa shape index (κ1) is 22.7. The zero-order valence-electron chi connectivity index (χ0n) is 17.2. The van der Waals surface area contributed by atoms with Crippen molar-refractivity contribution in [3.8, 4) is 6.07 Å². The molecule has 2 aromatic rings. The van der Waals surface area contributed by atoms with Gasteiger partial charge in [0.15, 0.2) is 5.82 Å². The highest BCUT2D eigenvalue weighted by atomic mass is 32.2. The van der Waals surface area contributed by atoms with Crippen LogP contribution in [-0.4, -0.2) is 44.4 Å². The van der Waals surface area contributed by atoms with Gasteiger partial charge in [-0.3, -0.25) is 9.48 Å². The molecule has 4 N–H and O–H groups in total. The maximum Gasteiger partial charge on any atom is 0.254 e. The van der Waals surface area contributed by atoms with E-state index in [2.05, 4.69) is 21.2 Å². The van der Waals surface area contributed by atoms with E-state index in [-0.39, 0.29) is 41.4 Å². The molecule has 31 heavy (non-hydrogen) atoms. The zero-order chi connectivity index (χ0) is 22.4. The van der Waals surface area contributed by atoms with Gasteiger partial charge < -0.3 is 15.8 Å². The number of primary amides is 1. The summed E-state index contributed by atoms with van der Waals surface area (Å²) in [5.41, 5.74) is 6.28. The summed E-state index contributed by atoms with van der Waals surface area (Å²) in [6.07, 6.45) is 5.17. The van der Waals surface area contributed by atoms with Crippen LogP contribution in [0.15, 0.2) is 35.4 Å². The Hall–Kier alpha value is -2.94. The van der Waals surface area contributed by atoms with Crippen molar-refractivity contribution >= 4 is 27.4 Å². The number of nitriles is 1. The third-order valence-electron chi connectivity index (χ3n) is 5.26. The maximum atomic E-state index is 12.3. The largest absolute Gasteiger partial charge is 0.383 e. The van der Waals surface area contributed by atoms with E-state index in [1.54, 1.807) is 23.0 Å². The molecule has 10 nitrogen and oxygen atoms in total. The molecule has 1 aromatic carbocycles. The van der Waals surface area contributed by atoms with Crippen molar-refractivity contribution < 1.29 is 17.9 Å².